The molecule has 0 saturated carbocycles. The van der Waals surface area contributed by atoms with E-state index in [2.05, 4.69) is 9.97 Å². The predicted octanol–water partition coefficient (Wildman–Crippen LogP) is 3.85. The zero-order valence-electron chi connectivity index (χ0n) is 15.3. The van der Waals surface area contributed by atoms with Gasteiger partial charge in [-0.1, -0.05) is 0 Å². The molecule has 1 atom stereocenters. The first-order chi connectivity index (χ1) is 12.1. The second kappa shape index (κ2) is 6.63. The Morgan fingerprint density at radius 1 is 1.42 bits per heavy atom. The van der Waals surface area contributed by atoms with E-state index in [9.17, 15) is 9.59 Å². The van der Waals surface area contributed by atoms with Crippen molar-refractivity contribution in [1.29, 1.82) is 0 Å². The quantitative estimate of drug-likeness (QED) is 0.585. The molecule has 26 heavy (non-hydrogen) atoms. The first-order valence-corrected chi connectivity index (χ1v) is 9.42. The summed E-state index contributed by atoms with van der Waals surface area (Å²) in [6, 6.07) is 1.18. The summed E-state index contributed by atoms with van der Waals surface area (Å²) in [5.41, 5.74) is 1.63. The minimum atomic E-state index is -0.639. The number of carbonyl (C=O) groups excluding carboxylic acids is 2. The fraction of sp³-hybridized carbons (Fsp3) is 0.444. The van der Waals surface area contributed by atoms with Crippen LogP contribution >= 0.6 is 22.9 Å². The molecule has 0 spiro atoms. The third-order valence-corrected chi connectivity index (χ3v) is 5.31. The molecule has 0 saturated heterocycles. The molecule has 3 rings (SSSR count). The number of hydrogen-bond donors (Lipinski definition) is 0. The number of aryl methyl sites for hydroxylation is 1. The maximum absolute atomic E-state index is 12.8. The van der Waals surface area contributed by atoms with Crippen molar-refractivity contribution in [1.82, 2.24) is 14.9 Å². The molecule has 0 N–H and O–H groups in total. The smallest absolute Gasteiger partial charge is 0.329 e. The number of thiophene rings is 1. The highest BCUT2D eigenvalue weighted by molar-refractivity contribution is 7.16. The van der Waals surface area contributed by atoms with Gasteiger partial charge in [-0.25, -0.2) is 14.8 Å². The van der Waals surface area contributed by atoms with Gasteiger partial charge < -0.3 is 9.64 Å². The zero-order valence-corrected chi connectivity index (χ0v) is 16.9. The highest BCUT2D eigenvalue weighted by atomic mass is 35.5. The predicted molar refractivity (Wildman–Crippen MR) is 100 cm³/mol. The van der Waals surface area contributed by atoms with Crippen LogP contribution in [0.2, 0.25) is 5.28 Å². The Labute approximate surface area is 161 Å². The molecule has 8 heteroatoms. The monoisotopic (exact) mass is 393 g/mol. The SMILES string of the molecule is Cc1cnc(Cl)nc1-c1cc2c(s1)CN([C@H](C)C(=O)OC(C)(C)C)C2=O. The Morgan fingerprint density at radius 3 is 2.73 bits per heavy atom. The van der Waals surface area contributed by atoms with Crippen LogP contribution in [0, 0.1) is 6.92 Å². The van der Waals surface area contributed by atoms with E-state index in [1.165, 1.54) is 11.3 Å². The van der Waals surface area contributed by atoms with Gasteiger partial charge in [0.15, 0.2) is 0 Å². The molecule has 0 bridgehead atoms. The van der Waals surface area contributed by atoms with Crippen LogP contribution in [0.25, 0.3) is 10.6 Å². The molecule has 3 heterocycles. The second-order valence-corrected chi connectivity index (χ2v) is 8.74. The van der Waals surface area contributed by atoms with Gasteiger partial charge in [-0.3, -0.25) is 4.79 Å². The van der Waals surface area contributed by atoms with Crippen LogP contribution in [0.5, 0.6) is 0 Å². The van der Waals surface area contributed by atoms with Crippen LogP contribution in [-0.4, -0.2) is 38.4 Å². The minimum Gasteiger partial charge on any atom is -0.458 e. The van der Waals surface area contributed by atoms with Gasteiger partial charge in [0.05, 0.1) is 22.7 Å². The van der Waals surface area contributed by atoms with Crippen molar-refractivity contribution in [2.75, 3.05) is 0 Å². The van der Waals surface area contributed by atoms with Crippen molar-refractivity contribution < 1.29 is 14.3 Å². The van der Waals surface area contributed by atoms with Crippen LogP contribution in [0.1, 0.15) is 48.5 Å². The number of amides is 1. The first-order valence-electron chi connectivity index (χ1n) is 8.23. The van der Waals surface area contributed by atoms with E-state index >= 15 is 0 Å². The number of esters is 1. The van der Waals surface area contributed by atoms with E-state index in [1.54, 1.807) is 18.0 Å². The molecule has 1 amide bonds. The van der Waals surface area contributed by atoms with E-state index in [1.807, 2.05) is 33.8 Å². The van der Waals surface area contributed by atoms with Crippen molar-refractivity contribution in [3.05, 3.63) is 33.6 Å². The van der Waals surface area contributed by atoms with Crippen LogP contribution in [0.15, 0.2) is 12.3 Å². The lowest BCUT2D eigenvalue weighted by molar-refractivity contribution is -0.159. The van der Waals surface area contributed by atoms with E-state index in [0.717, 1.165) is 21.0 Å². The minimum absolute atomic E-state index is 0.168. The van der Waals surface area contributed by atoms with Crippen molar-refractivity contribution in [2.24, 2.45) is 0 Å². The maximum atomic E-state index is 12.8. The summed E-state index contributed by atoms with van der Waals surface area (Å²) < 4.78 is 5.40. The Balaban J connectivity index is 1.83. The fourth-order valence-corrected chi connectivity index (χ4v) is 4.06. The number of halogens is 1. The van der Waals surface area contributed by atoms with Crippen molar-refractivity contribution in [3.8, 4) is 10.6 Å². The second-order valence-electron chi connectivity index (χ2n) is 7.26. The molecule has 0 radical (unpaired) electrons. The Morgan fingerprint density at radius 2 is 2.12 bits per heavy atom. The number of carbonyl (C=O) groups is 2. The van der Waals surface area contributed by atoms with E-state index < -0.39 is 17.6 Å². The lowest BCUT2D eigenvalue weighted by atomic mass is 10.2. The summed E-state index contributed by atoms with van der Waals surface area (Å²) in [7, 11) is 0. The van der Waals surface area contributed by atoms with Gasteiger partial charge in [0.2, 0.25) is 5.28 Å². The Hall–Kier alpha value is -1.99. The molecule has 1 aliphatic rings. The molecule has 2 aromatic heterocycles. The van der Waals surface area contributed by atoms with Crippen LogP contribution < -0.4 is 0 Å². The average molecular weight is 394 g/mol. The van der Waals surface area contributed by atoms with Crippen LogP contribution in [0.4, 0.5) is 0 Å². The third-order valence-electron chi connectivity index (χ3n) is 4.01. The summed E-state index contributed by atoms with van der Waals surface area (Å²) in [4.78, 5) is 36.6. The molecule has 2 aromatic rings. The Bertz CT molecular complexity index is 888. The van der Waals surface area contributed by atoms with E-state index in [0.29, 0.717) is 12.1 Å². The van der Waals surface area contributed by atoms with Crippen LogP contribution in [-0.2, 0) is 16.1 Å². The lowest BCUT2D eigenvalue weighted by Crippen LogP contribution is -2.42. The number of hydrogen-bond acceptors (Lipinski definition) is 6. The third kappa shape index (κ3) is 3.59. The molecule has 1 aliphatic heterocycles. The summed E-state index contributed by atoms with van der Waals surface area (Å²) in [5, 5.41) is 0.172. The van der Waals surface area contributed by atoms with Gasteiger partial charge >= 0.3 is 5.97 Å². The highest BCUT2D eigenvalue weighted by Crippen LogP contribution is 2.38. The molecule has 0 aromatic carbocycles. The molecular formula is C18H20ClN3O3S. The highest BCUT2D eigenvalue weighted by Gasteiger charge is 2.37. The van der Waals surface area contributed by atoms with Gasteiger partial charge in [-0.05, 0) is 57.8 Å². The van der Waals surface area contributed by atoms with Gasteiger partial charge in [-0.2, -0.15) is 0 Å². The van der Waals surface area contributed by atoms with E-state index in [-0.39, 0.29) is 11.2 Å². The standard InChI is InChI=1S/C18H20ClN3O3S/c1-9-7-20-17(19)21-14(9)12-6-11-13(26-12)8-22(15(11)23)10(2)16(24)25-18(3,4)5/h6-7,10H,8H2,1-5H3/t10-/m1/s1. The first kappa shape index (κ1) is 18.8. The normalized spacial score (nSPS) is 15.2. The van der Waals surface area contributed by atoms with Gasteiger partial charge in [0.25, 0.3) is 5.91 Å². The number of aromatic nitrogens is 2. The molecular weight excluding hydrogens is 374 g/mol. The van der Waals surface area contributed by atoms with Crippen molar-refractivity contribution in [2.45, 2.75) is 52.8 Å². The van der Waals surface area contributed by atoms with Gasteiger partial charge in [0.1, 0.15) is 11.6 Å². The average Bonchev–Trinajstić information content (AvgIpc) is 3.07. The molecule has 0 fully saturated rings. The molecule has 0 aliphatic carbocycles. The summed E-state index contributed by atoms with van der Waals surface area (Å²) in [5.74, 6) is -0.571. The van der Waals surface area contributed by atoms with E-state index in [4.69, 9.17) is 16.3 Å². The maximum Gasteiger partial charge on any atom is 0.329 e. The molecule has 6 nitrogen and oxygen atoms in total. The largest absolute Gasteiger partial charge is 0.458 e. The fourth-order valence-electron chi connectivity index (χ4n) is 2.72. The summed E-state index contributed by atoms with van der Waals surface area (Å²) >= 11 is 7.38. The van der Waals surface area contributed by atoms with Crippen LogP contribution in [0.3, 0.4) is 0 Å². The summed E-state index contributed by atoms with van der Waals surface area (Å²) in [6.07, 6.45) is 1.66. The number of ether oxygens (including phenoxy) is 1. The van der Waals surface area contributed by atoms with Crippen molar-refractivity contribution in [3.63, 3.8) is 0 Å². The number of fused-ring (bicyclic) bond motifs is 1. The topological polar surface area (TPSA) is 72.4 Å². The Kier molecular flexibility index (Phi) is 4.79. The zero-order chi connectivity index (χ0) is 19.2. The van der Waals surface area contributed by atoms with Gasteiger partial charge in [0, 0.05) is 11.1 Å². The number of rotatable bonds is 3. The lowest BCUT2D eigenvalue weighted by Gasteiger charge is -2.27. The van der Waals surface area contributed by atoms with Gasteiger partial charge in [-0.15, -0.1) is 11.3 Å². The molecule has 138 valence electrons. The summed E-state index contributed by atoms with van der Waals surface area (Å²) in [6.45, 7) is 9.40. The number of nitrogens with zero attached hydrogens (tertiary/aromatic N) is 3. The molecule has 0 unspecified atom stereocenters. The van der Waals surface area contributed by atoms with Crippen molar-refractivity contribution >= 4 is 34.8 Å².